The van der Waals surface area contributed by atoms with Crippen LogP contribution in [0.2, 0.25) is 0 Å². The van der Waals surface area contributed by atoms with Crippen LogP contribution in [0.25, 0.3) is 0 Å². The molecule has 0 radical (unpaired) electrons. The van der Waals surface area contributed by atoms with Gasteiger partial charge in [-0.1, -0.05) is 6.08 Å². The molecule has 1 nitrogen and oxygen atoms in total. The average molecular weight is 194 g/mol. The molecule has 0 heterocycles. The Hall–Kier alpha value is -0.300. The van der Waals surface area contributed by atoms with Crippen LogP contribution < -0.4 is 0 Å². The molecule has 0 aromatic heterocycles. The standard InChI is InChI=1S/C13H22O/c1-2-3-10-4-5-12-9-13(14)7-6-11(12)8-10/h2,10-14H,1,3-9H2. The summed E-state index contributed by atoms with van der Waals surface area (Å²) in [6.45, 7) is 3.83. The highest BCUT2D eigenvalue weighted by Gasteiger charge is 2.34. The van der Waals surface area contributed by atoms with Crippen molar-refractivity contribution < 1.29 is 5.11 Å². The predicted octanol–water partition coefficient (Wildman–Crippen LogP) is 3.14. The fraction of sp³-hybridized carbons (Fsp3) is 0.846. The zero-order chi connectivity index (χ0) is 9.97. The minimum Gasteiger partial charge on any atom is -0.393 e. The summed E-state index contributed by atoms with van der Waals surface area (Å²) in [6.07, 6.45) is 10.8. The van der Waals surface area contributed by atoms with Gasteiger partial charge in [-0.2, -0.15) is 0 Å². The Balaban J connectivity index is 1.88. The molecule has 0 bridgehead atoms. The number of aliphatic hydroxyl groups is 1. The average Bonchev–Trinajstić information content (AvgIpc) is 2.19. The van der Waals surface area contributed by atoms with Crippen molar-refractivity contribution in [3.8, 4) is 0 Å². The molecule has 0 aliphatic heterocycles. The Bertz CT molecular complexity index is 199. The third kappa shape index (κ3) is 2.20. The van der Waals surface area contributed by atoms with Crippen LogP contribution >= 0.6 is 0 Å². The van der Waals surface area contributed by atoms with Gasteiger partial charge in [-0.25, -0.2) is 0 Å². The van der Waals surface area contributed by atoms with Gasteiger partial charge in [-0.3, -0.25) is 0 Å². The van der Waals surface area contributed by atoms with E-state index in [1.807, 2.05) is 0 Å². The summed E-state index contributed by atoms with van der Waals surface area (Å²) >= 11 is 0. The summed E-state index contributed by atoms with van der Waals surface area (Å²) in [5.74, 6) is 2.64. The number of fused-ring (bicyclic) bond motifs is 1. The molecule has 2 aliphatic carbocycles. The predicted molar refractivity (Wildman–Crippen MR) is 59.0 cm³/mol. The molecule has 0 saturated heterocycles. The van der Waals surface area contributed by atoms with Crippen LogP contribution in [-0.2, 0) is 0 Å². The molecule has 4 unspecified atom stereocenters. The Labute approximate surface area is 87.2 Å². The summed E-state index contributed by atoms with van der Waals surface area (Å²) in [4.78, 5) is 0. The molecule has 80 valence electrons. The SMILES string of the molecule is C=CCC1CCC2CC(O)CCC2C1. The van der Waals surface area contributed by atoms with E-state index in [2.05, 4.69) is 12.7 Å². The fourth-order valence-electron chi connectivity index (χ4n) is 3.41. The lowest BCUT2D eigenvalue weighted by atomic mass is 9.66. The lowest BCUT2D eigenvalue weighted by Gasteiger charge is -2.40. The van der Waals surface area contributed by atoms with Crippen molar-refractivity contribution in [3.05, 3.63) is 12.7 Å². The van der Waals surface area contributed by atoms with Crippen molar-refractivity contribution >= 4 is 0 Å². The van der Waals surface area contributed by atoms with Gasteiger partial charge in [0.1, 0.15) is 0 Å². The molecule has 2 rings (SSSR count). The maximum atomic E-state index is 9.60. The van der Waals surface area contributed by atoms with Crippen LogP contribution in [0.15, 0.2) is 12.7 Å². The Kier molecular flexibility index (Phi) is 3.27. The second kappa shape index (κ2) is 4.48. The minimum absolute atomic E-state index is 0.00667. The largest absolute Gasteiger partial charge is 0.393 e. The number of allylic oxidation sites excluding steroid dienone is 1. The molecule has 0 aromatic carbocycles. The molecule has 4 atom stereocenters. The third-order valence-corrected chi connectivity index (χ3v) is 4.19. The van der Waals surface area contributed by atoms with E-state index in [1.165, 1.54) is 32.1 Å². The van der Waals surface area contributed by atoms with Crippen molar-refractivity contribution in [1.29, 1.82) is 0 Å². The van der Waals surface area contributed by atoms with E-state index in [0.29, 0.717) is 0 Å². The second-order valence-electron chi connectivity index (χ2n) is 5.19. The van der Waals surface area contributed by atoms with Gasteiger partial charge in [0.15, 0.2) is 0 Å². The van der Waals surface area contributed by atoms with Gasteiger partial charge in [-0.15, -0.1) is 6.58 Å². The van der Waals surface area contributed by atoms with Gasteiger partial charge in [0.2, 0.25) is 0 Å². The fourth-order valence-corrected chi connectivity index (χ4v) is 3.41. The van der Waals surface area contributed by atoms with Crippen LogP contribution in [0, 0.1) is 17.8 Å². The van der Waals surface area contributed by atoms with Gasteiger partial charge in [0.25, 0.3) is 0 Å². The molecule has 2 saturated carbocycles. The highest BCUT2D eigenvalue weighted by Crippen LogP contribution is 2.43. The van der Waals surface area contributed by atoms with E-state index in [9.17, 15) is 5.11 Å². The molecule has 2 aliphatic rings. The normalized spacial score (nSPS) is 42.9. The smallest absolute Gasteiger partial charge is 0.0543 e. The van der Waals surface area contributed by atoms with E-state index >= 15 is 0 Å². The molecule has 14 heavy (non-hydrogen) atoms. The Morgan fingerprint density at radius 2 is 1.79 bits per heavy atom. The summed E-state index contributed by atoms with van der Waals surface area (Å²) in [5.41, 5.74) is 0. The first kappa shape index (κ1) is 10.2. The zero-order valence-corrected chi connectivity index (χ0v) is 8.99. The van der Waals surface area contributed by atoms with Crippen molar-refractivity contribution in [2.45, 2.75) is 51.0 Å². The maximum Gasteiger partial charge on any atom is 0.0543 e. The zero-order valence-electron chi connectivity index (χ0n) is 8.99. The summed E-state index contributed by atoms with van der Waals surface area (Å²) < 4.78 is 0. The minimum atomic E-state index is 0.00667. The highest BCUT2D eigenvalue weighted by atomic mass is 16.3. The van der Waals surface area contributed by atoms with E-state index < -0.39 is 0 Å². The van der Waals surface area contributed by atoms with Gasteiger partial charge >= 0.3 is 0 Å². The lowest BCUT2D eigenvalue weighted by molar-refractivity contribution is 0.0357. The third-order valence-electron chi connectivity index (χ3n) is 4.19. The first-order valence-corrected chi connectivity index (χ1v) is 6.08. The van der Waals surface area contributed by atoms with Gasteiger partial charge in [0.05, 0.1) is 6.10 Å². The Morgan fingerprint density at radius 3 is 2.57 bits per heavy atom. The molecular formula is C13H22O. The maximum absolute atomic E-state index is 9.60. The molecular weight excluding hydrogens is 172 g/mol. The van der Waals surface area contributed by atoms with Crippen molar-refractivity contribution in [2.75, 3.05) is 0 Å². The van der Waals surface area contributed by atoms with Crippen LogP contribution in [0.5, 0.6) is 0 Å². The van der Waals surface area contributed by atoms with Gasteiger partial charge in [-0.05, 0) is 62.7 Å². The first-order chi connectivity index (χ1) is 6.79. The van der Waals surface area contributed by atoms with E-state index in [-0.39, 0.29) is 6.10 Å². The summed E-state index contributed by atoms with van der Waals surface area (Å²) in [5, 5.41) is 9.60. The molecule has 2 fully saturated rings. The van der Waals surface area contributed by atoms with Crippen molar-refractivity contribution in [1.82, 2.24) is 0 Å². The molecule has 1 N–H and O–H groups in total. The number of aliphatic hydroxyl groups excluding tert-OH is 1. The lowest BCUT2D eigenvalue weighted by Crippen LogP contribution is -2.32. The van der Waals surface area contributed by atoms with Crippen molar-refractivity contribution in [2.24, 2.45) is 17.8 Å². The van der Waals surface area contributed by atoms with Crippen LogP contribution in [-0.4, -0.2) is 11.2 Å². The molecule has 1 heteroatoms. The molecule has 0 spiro atoms. The first-order valence-electron chi connectivity index (χ1n) is 6.08. The molecule has 0 aromatic rings. The number of hydrogen-bond acceptors (Lipinski definition) is 1. The second-order valence-corrected chi connectivity index (χ2v) is 5.19. The van der Waals surface area contributed by atoms with Crippen LogP contribution in [0.4, 0.5) is 0 Å². The summed E-state index contributed by atoms with van der Waals surface area (Å²) in [7, 11) is 0. The molecule has 0 amide bonds. The monoisotopic (exact) mass is 194 g/mol. The van der Waals surface area contributed by atoms with E-state index in [4.69, 9.17) is 0 Å². The van der Waals surface area contributed by atoms with Crippen LogP contribution in [0.3, 0.4) is 0 Å². The van der Waals surface area contributed by atoms with Crippen molar-refractivity contribution in [3.63, 3.8) is 0 Å². The Morgan fingerprint density at radius 1 is 1.07 bits per heavy atom. The van der Waals surface area contributed by atoms with Crippen LogP contribution in [0.1, 0.15) is 44.9 Å². The van der Waals surface area contributed by atoms with E-state index in [0.717, 1.165) is 30.6 Å². The number of hydrogen-bond donors (Lipinski definition) is 1. The van der Waals surface area contributed by atoms with Gasteiger partial charge < -0.3 is 5.11 Å². The highest BCUT2D eigenvalue weighted by molar-refractivity contribution is 4.87. The number of rotatable bonds is 2. The van der Waals surface area contributed by atoms with E-state index in [1.54, 1.807) is 0 Å². The van der Waals surface area contributed by atoms with Gasteiger partial charge in [0, 0.05) is 0 Å². The quantitative estimate of drug-likeness (QED) is 0.670. The summed E-state index contributed by atoms with van der Waals surface area (Å²) in [6, 6.07) is 0. The topological polar surface area (TPSA) is 20.2 Å².